The monoisotopic (exact) mass is 533 g/mol. The first-order valence-corrected chi connectivity index (χ1v) is 14.9. The van der Waals surface area contributed by atoms with Gasteiger partial charge in [-0.2, -0.15) is 0 Å². The standard InChI is InChI=1S/C29H43NO6S/c1-6-8-14-29(7-2)21-37(32,33)26-20-23(34-5)12-13-25(26)27(28(29)31)22-10-9-11-24(19-22)36-18-17-35-16-15-30(3)4/h9-13,19-20,27-28,31H,6-8,14-18,21H2,1-5H3/t27-,28?,29?/m1/s1. The SMILES string of the molecule is CCCCC1(CC)CS(=O)(=O)c2cc(OC)ccc2[C@@H](c2cccc(OCCOCCN(C)C)c2)C1O. The number of benzene rings is 2. The summed E-state index contributed by atoms with van der Waals surface area (Å²) in [4.78, 5) is 2.30. The molecule has 0 aliphatic carbocycles. The van der Waals surface area contributed by atoms with Crippen molar-refractivity contribution in [1.82, 2.24) is 4.90 Å². The zero-order valence-corrected chi connectivity index (χ0v) is 23.7. The van der Waals surface area contributed by atoms with E-state index in [9.17, 15) is 13.5 Å². The number of rotatable bonds is 13. The van der Waals surface area contributed by atoms with Crippen LogP contribution in [0.4, 0.5) is 0 Å². The van der Waals surface area contributed by atoms with Gasteiger partial charge in [0.1, 0.15) is 18.1 Å². The van der Waals surface area contributed by atoms with Crippen LogP contribution in [-0.2, 0) is 14.6 Å². The van der Waals surface area contributed by atoms with E-state index in [0.29, 0.717) is 49.7 Å². The molecule has 1 heterocycles. The average Bonchev–Trinajstić information content (AvgIpc) is 2.95. The number of hydrogen-bond acceptors (Lipinski definition) is 7. The summed E-state index contributed by atoms with van der Waals surface area (Å²) >= 11 is 0. The van der Waals surface area contributed by atoms with Crippen LogP contribution in [0.5, 0.6) is 11.5 Å². The Morgan fingerprint density at radius 2 is 1.84 bits per heavy atom. The highest BCUT2D eigenvalue weighted by molar-refractivity contribution is 7.91. The van der Waals surface area contributed by atoms with E-state index in [4.69, 9.17) is 14.2 Å². The number of methoxy groups -OCH3 is 1. The van der Waals surface area contributed by atoms with Gasteiger partial charge in [0.25, 0.3) is 0 Å². The van der Waals surface area contributed by atoms with Gasteiger partial charge in [0.05, 0.1) is 37.1 Å². The quantitative estimate of drug-likeness (QED) is 0.379. The fourth-order valence-corrected chi connectivity index (χ4v) is 7.48. The number of fused-ring (bicyclic) bond motifs is 1. The molecule has 1 N–H and O–H groups in total. The molecule has 1 aliphatic heterocycles. The van der Waals surface area contributed by atoms with E-state index in [1.807, 2.05) is 45.3 Å². The molecule has 206 valence electrons. The highest BCUT2D eigenvalue weighted by Crippen LogP contribution is 2.49. The highest BCUT2D eigenvalue weighted by Gasteiger charge is 2.49. The second kappa shape index (κ2) is 13.1. The van der Waals surface area contributed by atoms with E-state index in [1.54, 1.807) is 18.2 Å². The van der Waals surface area contributed by atoms with Crippen molar-refractivity contribution >= 4 is 9.84 Å². The molecule has 0 saturated carbocycles. The number of sulfone groups is 1. The molecule has 3 rings (SSSR count). The van der Waals surface area contributed by atoms with Gasteiger partial charge in [0.2, 0.25) is 0 Å². The third kappa shape index (κ3) is 7.05. The zero-order valence-electron chi connectivity index (χ0n) is 22.9. The van der Waals surface area contributed by atoms with Gasteiger partial charge in [-0.25, -0.2) is 8.42 Å². The maximum atomic E-state index is 13.7. The third-order valence-electron chi connectivity index (χ3n) is 7.44. The molecule has 0 aromatic heterocycles. The van der Waals surface area contributed by atoms with Crippen LogP contribution < -0.4 is 9.47 Å². The van der Waals surface area contributed by atoms with Gasteiger partial charge in [-0.1, -0.05) is 44.9 Å². The number of aliphatic hydroxyl groups is 1. The van der Waals surface area contributed by atoms with Gasteiger partial charge in [-0.05, 0) is 62.3 Å². The minimum atomic E-state index is -3.67. The lowest BCUT2D eigenvalue weighted by Crippen LogP contribution is -2.42. The van der Waals surface area contributed by atoms with Crippen LogP contribution >= 0.6 is 0 Å². The van der Waals surface area contributed by atoms with E-state index in [0.717, 1.165) is 24.9 Å². The number of likely N-dealkylation sites (N-methyl/N-ethyl adjacent to an activating group) is 1. The first-order valence-electron chi connectivity index (χ1n) is 13.2. The average molecular weight is 534 g/mol. The van der Waals surface area contributed by atoms with E-state index in [2.05, 4.69) is 11.8 Å². The highest BCUT2D eigenvalue weighted by atomic mass is 32.2. The first-order chi connectivity index (χ1) is 17.7. The van der Waals surface area contributed by atoms with Crippen molar-refractivity contribution in [3.8, 4) is 11.5 Å². The van der Waals surface area contributed by atoms with Gasteiger partial charge in [-0.15, -0.1) is 0 Å². The summed E-state index contributed by atoms with van der Waals surface area (Å²) < 4.78 is 44.5. The summed E-state index contributed by atoms with van der Waals surface area (Å²) in [6.07, 6.45) is 2.11. The maximum absolute atomic E-state index is 13.7. The van der Waals surface area contributed by atoms with Gasteiger partial charge in [0, 0.05) is 17.9 Å². The number of nitrogens with zero attached hydrogens (tertiary/aromatic N) is 1. The Bertz CT molecular complexity index is 1120. The molecule has 0 spiro atoms. The lowest BCUT2D eigenvalue weighted by atomic mass is 9.69. The van der Waals surface area contributed by atoms with Crippen molar-refractivity contribution in [2.24, 2.45) is 5.41 Å². The Labute approximate surface area is 222 Å². The lowest BCUT2D eigenvalue weighted by molar-refractivity contribution is 0.0173. The summed E-state index contributed by atoms with van der Waals surface area (Å²) in [5, 5.41) is 12.0. The molecule has 1 aliphatic rings. The van der Waals surface area contributed by atoms with E-state index < -0.39 is 27.3 Å². The number of ether oxygens (including phenoxy) is 3. The van der Waals surface area contributed by atoms with Crippen molar-refractivity contribution < 1.29 is 27.7 Å². The summed E-state index contributed by atoms with van der Waals surface area (Å²) in [6.45, 7) is 6.43. The van der Waals surface area contributed by atoms with Crippen molar-refractivity contribution in [3.05, 3.63) is 53.6 Å². The topological polar surface area (TPSA) is 85.3 Å². The summed E-state index contributed by atoms with van der Waals surface area (Å²) in [6, 6.07) is 12.8. The zero-order chi connectivity index (χ0) is 27.1. The molecule has 2 unspecified atom stereocenters. The van der Waals surface area contributed by atoms with Gasteiger partial charge >= 0.3 is 0 Å². The Balaban J connectivity index is 1.99. The lowest BCUT2D eigenvalue weighted by Gasteiger charge is -2.39. The van der Waals surface area contributed by atoms with Crippen LogP contribution in [0.25, 0.3) is 0 Å². The molecule has 0 amide bonds. The number of aliphatic hydroxyl groups excluding tert-OH is 1. The van der Waals surface area contributed by atoms with Crippen molar-refractivity contribution in [2.45, 2.75) is 56.4 Å². The second-order valence-electron chi connectivity index (χ2n) is 10.2. The predicted molar refractivity (Wildman–Crippen MR) is 146 cm³/mol. The van der Waals surface area contributed by atoms with E-state index in [-0.39, 0.29) is 10.6 Å². The number of unbranched alkanes of at least 4 members (excludes halogenated alkanes) is 1. The van der Waals surface area contributed by atoms with Crippen LogP contribution in [0.2, 0.25) is 0 Å². The predicted octanol–water partition coefficient (Wildman–Crippen LogP) is 4.52. The molecule has 3 atom stereocenters. The summed E-state index contributed by atoms with van der Waals surface area (Å²) in [7, 11) is 1.87. The third-order valence-corrected chi connectivity index (χ3v) is 9.42. The Hall–Kier alpha value is -2.13. The van der Waals surface area contributed by atoms with Crippen molar-refractivity contribution in [1.29, 1.82) is 0 Å². The van der Waals surface area contributed by atoms with Gasteiger partial charge in [-0.3, -0.25) is 0 Å². The van der Waals surface area contributed by atoms with Crippen LogP contribution in [0.15, 0.2) is 47.4 Å². The molecule has 2 aromatic carbocycles. The molecule has 37 heavy (non-hydrogen) atoms. The van der Waals surface area contributed by atoms with Crippen LogP contribution in [0, 0.1) is 5.41 Å². The van der Waals surface area contributed by atoms with Gasteiger partial charge in [0.15, 0.2) is 9.84 Å². The van der Waals surface area contributed by atoms with Crippen LogP contribution in [0.3, 0.4) is 0 Å². The van der Waals surface area contributed by atoms with Crippen molar-refractivity contribution in [3.63, 3.8) is 0 Å². The molecule has 0 saturated heterocycles. The normalized spacial score (nSPS) is 22.9. The molecular weight excluding hydrogens is 490 g/mol. The summed E-state index contributed by atoms with van der Waals surface area (Å²) in [5.74, 6) is 0.544. The molecule has 0 fully saturated rings. The Kier molecular flexibility index (Phi) is 10.4. The van der Waals surface area contributed by atoms with Crippen molar-refractivity contribution in [2.75, 3.05) is 53.3 Å². The molecule has 7 nitrogen and oxygen atoms in total. The minimum absolute atomic E-state index is 0.0885. The Morgan fingerprint density at radius 3 is 2.51 bits per heavy atom. The Morgan fingerprint density at radius 1 is 1.05 bits per heavy atom. The second-order valence-corrected chi connectivity index (χ2v) is 12.2. The van der Waals surface area contributed by atoms with E-state index in [1.165, 1.54) is 7.11 Å². The summed E-state index contributed by atoms with van der Waals surface area (Å²) in [5.41, 5.74) is 0.670. The van der Waals surface area contributed by atoms with Gasteiger partial charge < -0.3 is 24.2 Å². The molecule has 8 heteroatoms. The maximum Gasteiger partial charge on any atom is 0.179 e. The minimum Gasteiger partial charge on any atom is -0.497 e. The fraction of sp³-hybridized carbons (Fsp3) is 0.586. The largest absolute Gasteiger partial charge is 0.497 e. The van der Waals surface area contributed by atoms with E-state index >= 15 is 0 Å². The fourth-order valence-electron chi connectivity index (χ4n) is 5.20. The molecule has 0 radical (unpaired) electrons. The first kappa shape index (κ1) is 29.4. The molecular formula is C29H43NO6S. The number of hydrogen-bond donors (Lipinski definition) is 1. The molecule has 2 aromatic rings. The van der Waals surface area contributed by atoms with Crippen LogP contribution in [0.1, 0.15) is 56.6 Å². The molecule has 0 bridgehead atoms. The smallest absolute Gasteiger partial charge is 0.179 e. The van der Waals surface area contributed by atoms with Crippen LogP contribution in [-0.4, -0.2) is 77.9 Å².